The molecule has 1 aromatic rings. The average molecular weight is 292 g/mol. The molecule has 1 fully saturated rings. The van der Waals surface area contributed by atoms with Crippen LogP contribution in [0.1, 0.15) is 37.5 Å². The molecule has 2 unspecified atom stereocenters. The maximum atomic E-state index is 9.77. The van der Waals surface area contributed by atoms with Gasteiger partial charge in [0.2, 0.25) is 0 Å². The number of ether oxygens (including phenoxy) is 1. The fourth-order valence-electron chi connectivity index (χ4n) is 3.02. The zero-order chi connectivity index (χ0) is 15.4. The summed E-state index contributed by atoms with van der Waals surface area (Å²) in [5, 5.41) is 9.77. The van der Waals surface area contributed by atoms with E-state index in [-0.39, 0.29) is 0 Å². The lowest BCUT2D eigenvalue weighted by atomic mass is 10.0. The van der Waals surface area contributed by atoms with Crippen LogP contribution in [0.25, 0.3) is 0 Å². The largest absolute Gasteiger partial charge is 0.496 e. The Morgan fingerprint density at radius 3 is 2.76 bits per heavy atom. The highest BCUT2D eigenvalue weighted by Gasteiger charge is 2.23. The zero-order valence-corrected chi connectivity index (χ0v) is 13.7. The van der Waals surface area contributed by atoms with E-state index in [2.05, 4.69) is 29.8 Å². The Morgan fingerprint density at radius 2 is 2.14 bits per heavy atom. The minimum Gasteiger partial charge on any atom is -0.496 e. The van der Waals surface area contributed by atoms with Crippen LogP contribution in [0.2, 0.25) is 0 Å². The van der Waals surface area contributed by atoms with E-state index in [1.54, 1.807) is 14.0 Å². The molecule has 0 radical (unpaired) electrons. The first-order chi connectivity index (χ1) is 10.0. The van der Waals surface area contributed by atoms with Crippen molar-refractivity contribution in [1.29, 1.82) is 0 Å². The molecule has 1 aliphatic heterocycles. The van der Waals surface area contributed by atoms with Crippen LogP contribution >= 0.6 is 0 Å². The Bertz CT molecular complexity index is 462. The van der Waals surface area contributed by atoms with Gasteiger partial charge in [0, 0.05) is 37.8 Å². The van der Waals surface area contributed by atoms with Crippen molar-refractivity contribution in [1.82, 2.24) is 9.80 Å². The third kappa shape index (κ3) is 3.96. The van der Waals surface area contributed by atoms with E-state index in [1.807, 2.05) is 12.1 Å². The van der Waals surface area contributed by atoms with Crippen molar-refractivity contribution in [3.05, 3.63) is 29.3 Å². The fourth-order valence-corrected chi connectivity index (χ4v) is 3.02. The molecule has 2 atom stereocenters. The summed E-state index contributed by atoms with van der Waals surface area (Å²) in [4.78, 5) is 4.93. The van der Waals surface area contributed by atoms with Crippen LogP contribution in [0.4, 0.5) is 0 Å². The summed E-state index contributed by atoms with van der Waals surface area (Å²) in [6.07, 6.45) is 0.739. The van der Waals surface area contributed by atoms with Crippen LogP contribution in [-0.2, 0) is 6.54 Å². The van der Waals surface area contributed by atoms with Crippen LogP contribution in [-0.4, -0.2) is 54.7 Å². The highest BCUT2D eigenvalue weighted by molar-refractivity contribution is 5.38. The van der Waals surface area contributed by atoms with Gasteiger partial charge in [-0.25, -0.2) is 0 Å². The number of nitrogens with zero attached hydrogens (tertiary/aromatic N) is 2. The minimum absolute atomic E-state index is 0.439. The lowest BCUT2D eigenvalue weighted by molar-refractivity contribution is 0.0877. The van der Waals surface area contributed by atoms with Crippen molar-refractivity contribution in [3.8, 4) is 5.75 Å². The Balaban J connectivity index is 2.12. The second-order valence-electron chi connectivity index (χ2n) is 6.03. The summed E-state index contributed by atoms with van der Waals surface area (Å²) in [7, 11) is 3.92. The lowest BCUT2D eigenvalue weighted by Gasteiger charge is -2.39. The molecule has 0 saturated carbocycles. The van der Waals surface area contributed by atoms with E-state index in [1.165, 1.54) is 6.42 Å². The Kier molecular flexibility index (Phi) is 5.62. The molecule has 0 bridgehead atoms. The third-order valence-corrected chi connectivity index (χ3v) is 4.51. The molecule has 1 N–H and O–H groups in total. The molecular weight excluding hydrogens is 264 g/mol. The molecule has 0 aliphatic carbocycles. The molecule has 1 heterocycles. The number of methoxy groups -OCH3 is 1. The van der Waals surface area contributed by atoms with Gasteiger partial charge in [-0.3, -0.25) is 4.90 Å². The molecule has 118 valence electrons. The van der Waals surface area contributed by atoms with Crippen LogP contribution in [0.15, 0.2) is 18.2 Å². The molecule has 2 rings (SSSR count). The summed E-state index contributed by atoms with van der Waals surface area (Å²) in [6.45, 7) is 8.21. The van der Waals surface area contributed by atoms with E-state index in [9.17, 15) is 5.11 Å². The molecule has 1 aromatic carbocycles. The van der Waals surface area contributed by atoms with Crippen LogP contribution in [0.3, 0.4) is 0 Å². The topological polar surface area (TPSA) is 35.9 Å². The van der Waals surface area contributed by atoms with Gasteiger partial charge in [-0.1, -0.05) is 13.0 Å². The van der Waals surface area contributed by atoms with Gasteiger partial charge in [0.15, 0.2) is 0 Å². The normalized spacial score (nSPS) is 22.2. The van der Waals surface area contributed by atoms with Gasteiger partial charge in [-0.15, -0.1) is 0 Å². The summed E-state index contributed by atoms with van der Waals surface area (Å²) < 4.78 is 5.48. The highest BCUT2D eigenvalue weighted by Crippen LogP contribution is 2.25. The number of hydrogen-bond donors (Lipinski definition) is 1. The summed E-state index contributed by atoms with van der Waals surface area (Å²) in [6, 6.07) is 6.60. The zero-order valence-electron chi connectivity index (χ0n) is 13.7. The van der Waals surface area contributed by atoms with Gasteiger partial charge in [-0.2, -0.15) is 0 Å². The Hall–Kier alpha value is -1.10. The summed E-state index contributed by atoms with van der Waals surface area (Å²) in [5.74, 6) is 0.909. The molecule has 21 heavy (non-hydrogen) atoms. The van der Waals surface area contributed by atoms with Crippen molar-refractivity contribution >= 4 is 0 Å². The van der Waals surface area contributed by atoms with E-state index in [4.69, 9.17) is 4.74 Å². The average Bonchev–Trinajstić information content (AvgIpc) is 2.49. The van der Waals surface area contributed by atoms with E-state index < -0.39 is 6.10 Å². The smallest absolute Gasteiger partial charge is 0.123 e. The van der Waals surface area contributed by atoms with Crippen LogP contribution < -0.4 is 4.74 Å². The van der Waals surface area contributed by atoms with Crippen LogP contribution in [0.5, 0.6) is 5.75 Å². The molecule has 0 amide bonds. The maximum absolute atomic E-state index is 9.77. The van der Waals surface area contributed by atoms with E-state index in [0.29, 0.717) is 6.04 Å². The van der Waals surface area contributed by atoms with Crippen molar-refractivity contribution in [2.24, 2.45) is 0 Å². The maximum Gasteiger partial charge on any atom is 0.123 e. The standard InChI is InChI=1S/C17H28N2O2/c1-5-16-12-19(9-8-18(16)3)11-15-10-14(13(2)20)6-7-17(15)21-4/h6-7,10,13,16,20H,5,8-9,11-12H2,1-4H3. The quantitative estimate of drug-likeness (QED) is 0.903. The molecule has 4 heteroatoms. The van der Waals surface area contributed by atoms with Crippen molar-refractivity contribution in [3.63, 3.8) is 0 Å². The highest BCUT2D eigenvalue weighted by atomic mass is 16.5. The second kappa shape index (κ2) is 7.25. The number of hydrogen-bond acceptors (Lipinski definition) is 4. The predicted molar refractivity (Wildman–Crippen MR) is 85.6 cm³/mol. The molecule has 1 saturated heterocycles. The number of benzene rings is 1. The molecular formula is C17H28N2O2. The summed E-state index contributed by atoms with van der Waals surface area (Å²) >= 11 is 0. The van der Waals surface area contributed by atoms with Crippen LogP contribution in [0, 0.1) is 0 Å². The number of aliphatic hydroxyl groups is 1. The number of likely N-dealkylation sites (N-methyl/N-ethyl adjacent to an activating group) is 1. The van der Waals surface area contributed by atoms with Gasteiger partial charge < -0.3 is 14.7 Å². The molecule has 1 aliphatic rings. The van der Waals surface area contributed by atoms with Crippen molar-refractivity contribution < 1.29 is 9.84 Å². The summed E-state index contributed by atoms with van der Waals surface area (Å²) in [5.41, 5.74) is 2.11. The predicted octanol–water partition coefficient (Wildman–Crippen LogP) is 2.27. The molecule has 0 aromatic heterocycles. The monoisotopic (exact) mass is 292 g/mol. The van der Waals surface area contributed by atoms with Gasteiger partial charge in [0.25, 0.3) is 0 Å². The first-order valence-electron chi connectivity index (χ1n) is 7.82. The molecule has 4 nitrogen and oxygen atoms in total. The first-order valence-corrected chi connectivity index (χ1v) is 7.82. The Morgan fingerprint density at radius 1 is 1.38 bits per heavy atom. The van der Waals surface area contributed by atoms with Gasteiger partial charge in [-0.05, 0) is 38.1 Å². The van der Waals surface area contributed by atoms with Gasteiger partial charge >= 0.3 is 0 Å². The van der Waals surface area contributed by atoms with Gasteiger partial charge in [0.1, 0.15) is 5.75 Å². The van der Waals surface area contributed by atoms with E-state index >= 15 is 0 Å². The van der Waals surface area contributed by atoms with Gasteiger partial charge in [0.05, 0.1) is 13.2 Å². The number of rotatable bonds is 5. The molecule has 0 spiro atoms. The van der Waals surface area contributed by atoms with Crippen molar-refractivity contribution in [2.75, 3.05) is 33.8 Å². The minimum atomic E-state index is -0.439. The first kappa shape index (κ1) is 16.3. The fraction of sp³-hybridized carbons (Fsp3) is 0.647. The number of aliphatic hydroxyl groups excluding tert-OH is 1. The van der Waals surface area contributed by atoms with E-state index in [0.717, 1.165) is 43.1 Å². The lowest BCUT2D eigenvalue weighted by Crippen LogP contribution is -2.50. The second-order valence-corrected chi connectivity index (χ2v) is 6.03. The number of piperazine rings is 1. The third-order valence-electron chi connectivity index (χ3n) is 4.51. The Labute approximate surface area is 128 Å². The SMILES string of the molecule is CCC1CN(Cc2cc(C(C)O)ccc2OC)CCN1C. The van der Waals surface area contributed by atoms with Crippen molar-refractivity contribution in [2.45, 2.75) is 39.0 Å².